The van der Waals surface area contributed by atoms with Gasteiger partial charge >= 0.3 is 5.97 Å². The fourth-order valence-corrected chi connectivity index (χ4v) is 2.24. The second-order valence-corrected chi connectivity index (χ2v) is 4.59. The first-order chi connectivity index (χ1) is 7.58. The first-order valence-electron chi connectivity index (χ1n) is 4.91. The molecule has 0 bridgehead atoms. The van der Waals surface area contributed by atoms with E-state index in [1.165, 1.54) is 6.07 Å². The van der Waals surface area contributed by atoms with Gasteiger partial charge in [-0.1, -0.05) is 0 Å². The van der Waals surface area contributed by atoms with E-state index in [2.05, 4.69) is 15.9 Å². The van der Waals surface area contributed by atoms with Gasteiger partial charge in [-0.05, 0) is 34.0 Å². The van der Waals surface area contributed by atoms with Crippen LogP contribution < -0.4 is 4.74 Å². The van der Waals surface area contributed by atoms with Gasteiger partial charge in [-0.3, -0.25) is 4.79 Å². The summed E-state index contributed by atoms with van der Waals surface area (Å²) in [5.74, 6) is -0.885. The van der Waals surface area contributed by atoms with E-state index in [1.54, 1.807) is 6.07 Å². The molecule has 5 heteroatoms. The molecule has 1 aromatic rings. The third-order valence-corrected chi connectivity index (χ3v) is 3.25. The predicted octanol–water partition coefficient (Wildman–Crippen LogP) is 2.93. The van der Waals surface area contributed by atoms with Gasteiger partial charge in [0, 0.05) is 12.0 Å². The largest absolute Gasteiger partial charge is 0.493 e. The molecule has 0 fully saturated rings. The molecule has 1 aromatic carbocycles. The van der Waals surface area contributed by atoms with Crippen LogP contribution in [0.25, 0.3) is 0 Å². The van der Waals surface area contributed by atoms with Crippen molar-refractivity contribution in [3.05, 3.63) is 28.0 Å². The predicted molar refractivity (Wildman–Crippen MR) is 59.2 cm³/mol. The van der Waals surface area contributed by atoms with Crippen LogP contribution in [-0.4, -0.2) is 17.7 Å². The number of carboxylic acid groups (broad SMARTS) is 1. The molecule has 0 radical (unpaired) electrons. The Morgan fingerprint density at radius 1 is 1.62 bits per heavy atom. The van der Waals surface area contributed by atoms with Gasteiger partial charge in [0.15, 0.2) is 0 Å². The van der Waals surface area contributed by atoms with Gasteiger partial charge in [0.1, 0.15) is 11.6 Å². The number of hydrogen-bond acceptors (Lipinski definition) is 2. The minimum Gasteiger partial charge on any atom is -0.493 e. The summed E-state index contributed by atoms with van der Waals surface area (Å²) in [5, 5.41) is 8.79. The molecule has 0 spiro atoms. The number of aliphatic carboxylic acids is 1. The van der Waals surface area contributed by atoms with Crippen LogP contribution in [0.15, 0.2) is 16.6 Å². The van der Waals surface area contributed by atoms with Crippen LogP contribution in [0.5, 0.6) is 5.75 Å². The van der Waals surface area contributed by atoms with Crippen molar-refractivity contribution in [2.24, 2.45) is 0 Å². The maximum absolute atomic E-state index is 13.3. The zero-order valence-electron chi connectivity index (χ0n) is 8.37. The second kappa shape index (κ2) is 4.41. The van der Waals surface area contributed by atoms with Crippen molar-refractivity contribution in [3.8, 4) is 5.75 Å². The standard InChI is InChI=1S/C11H10BrFO3/c12-8-4-7-6(3-11(14)15)1-2-16-10(7)5-9(8)13/h4-6H,1-3H2,(H,14,15). The van der Waals surface area contributed by atoms with Crippen LogP contribution in [0.3, 0.4) is 0 Å². The van der Waals surface area contributed by atoms with Gasteiger partial charge in [-0.2, -0.15) is 0 Å². The Bertz CT molecular complexity index is 433. The molecule has 86 valence electrons. The number of halogens is 2. The second-order valence-electron chi connectivity index (χ2n) is 3.74. The third-order valence-electron chi connectivity index (χ3n) is 2.64. The van der Waals surface area contributed by atoms with Crippen molar-refractivity contribution in [3.63, 3.8) is 0 Å². The van der Waals surface area contributed by atoms with E-state index < -0.39 is 11.8 Å². The molecule has 2 rings (SSSR count). The molecule has 1 unspecified atom stereocenters. The smallest absolute Gasteiger partial charge is 0.303 e. The minimum absolute atomic E-state index is 0.0500. The summed E-state index contributed by atoms with van der Waals surface area (Å²) in [5.41, 5.74) is 0.766. The van der Waals surface area contributed by atoms with Crippen LogP contribution in [0.2, 0.25) is 0 Å². The van der Waals surface area contributed by atoms with Crippen molar-refractivity contribution < 1.29 is 19.0 Å². The number of hydrogen-bond donors (Lipinski definition) is 1. The molecular formula is C11H10BrFO3. The summed E-state index contributed by atoms with van der Waals surface area (Å²) < 4.78 is 18.9. The van der Waals surface area contributed by atoms with E-state index in [9.17, 15) is 9.18 Å². The van der Waals surface area contributed by atoms with E-state index in [1.807, 2.05) is 0 Å². The van der Waals surface area contributed by atoms with E-state index in [0.717, 1.165) is 5.56 Å². The highest BCUT2D eigenvalue weighted by molar-refractivity contribution is 9.10. The molecule has 0 amide bonds. The Hall–Kier alpha value is -1.10. The highest BCUT2D eigenvalue weighted by Gasteiger charge is 2.25. The number of carboxylic acids is 1. The number of benzene rings is 1. The first-order valence-corrected chi connectivity index (χ1v) is 5.70. The lowest BCUT2D eigenvalue weighted by atomic mass is 9.90. The summed E-state index contributed by atoms with van der Waals surface area (Å²) in [6, 6.07) is 2.91. The lowest BCUT2D eigenvalue weighted by Crippen LogP contribution is -2.17. The first kappa shape index (κ1) is 11.4. The van der Waals surface area contributed by atoms with Crippen LogP contribution in [0.1, 0.15) is 24.3 Å². The molecule has 16 heavy (non-hydrogen) atoms. The summed E-state index contributed by atoms with van der Waals surface area (Å²) in [6.45, 7) is 0.437. The zero-order valence-corrected chi connectivity index (χ0v) is 9.96. The summed E-state index contributed by atoms with van der Waals surface area (Å²) in [4.78, 5) is 10.7. The quantitative estimate of drug-likeness (QED) is 0.910. The van der Waals surface area contributed by atoms with E-state index in [4.69, 9.17) is 9.84 Å². The number of carbonyl (C=O) groups is 1. The zero-order chi connectivity index (χ0) is 11.7. The van der Waals surface area contributed by atoms with Gasteiger partial charge in [-0.25, -0.2) is 4.39 Å². The van der Waals surface area contributed by atoms with Crippen LogP contribution in [0.4, 0.5) is 4.39 Å². The van der Waals surface area contributed by atoms with Crippen molar-refractivity contribution in [2.45, 2.75) is 18.8 Å². The normalized spacial score (nSPS) is 18.8. The summed E-state index contributed by atoms with van der Waals surface area (Å²) in [6.07, 6.45) is 0.700. The Balaban J connectivity index is 2.37. The van der Waals surface area contributed by atoms with Gasteiger partial charge in [-0.15, -0.1) is 0 Å². The molecular weight excluding hydrogens is 279 g/mol. The van der Waals surface area contributed by atoms with Gasteiger partial charge in [0.2, 0.25) is 0 Å². The lowest BCUT2D eigenvalue weighted by molar-refractivity contribution is -0.137. The molecule has 0 saturated carbocycles. The maximum Gasteiger partial charge on any atom is 0.303 e. The fraction of sp³-hybridized carbons (Fsp3) is 0.364. The maximum atomic E-state index is 13.3. The van der Waals surface area contributed by atoms with E-state index in [-0.39, 0.29) is 12.3 Å². The Morgan fingerprint density at radius 2 is 2.38 bits per heavy atom. The fourth-order valence-electron chi connectivity index (χ4n) is 1.88. The molecule has 1 aliphatic rings. The number of rotatable bonds is 2. The Morgan fingerprint density at radius 3 is 3.06 bits per heavy atom. The Kier molecular flexibility index (Phi) is 3.14. The van der Waals surface area contributed by atoms with Crippen molar-refractivity contribution >= 4 is 21.9 Å². The SMILES string of the molecule is O=C(O)CC1CCOc2cc(F)c(Br)cc21. The molecule has 1 atom stereocenters. The average Bonchev–Trinajstić information content (AvgIpc) is 2.20. The molecule has 1 heterocycles. The van der Waals surface area contributed by atoms with Crippen molar-refractivity contribution in [1.29, 1.82) is 0 Å². The Labute approximate surface area is 100 Å². The van der Waals surface area contributed by atoms with E-state index >= 15 is 0 Å². The molecule has 1 N–H and O–H groups in total. The van der Waals surface area contributed by atoms with Crippen LogP contribution >= 0.6 is 15.9 Å². The van der Waals surface area contributed by atoms with E-state index in [0.29, 0.717) is 23.2 Å². The molecule has 0 aromatic heterocycles. The monoisotopic (exact) mass is 288 g/mol. The van der Waals surface area contributed by atoms with Crippen molar-refractivity contribution in [1.82, 2.24) is 0 Å². The average molecular weight is 289 g/mol. The summed E-state index contributed by atoms with van der Waals surface area (Å²) in [7, 11) is 0. The highest BCUT2D eigenvalue weighted by atomic mass is 79.9. The van der Waals surface area contributed by atoms with Gasteiger partial charge in [0.25, 0.3) is 0 Å². The topological polar surface area (TPSA) is 46.5 Å². The molecule has 1 aliphatic heterocycles. The highest BCUT2D eigenvalue weighted by Crippen LogP contribution is 2.38. The van der Waals surface area contributed by atoms with Gasteiger partial charge < -0.3 is 9.84 Å². The lowest BCUT2D eigenvalue weighted by Gasteiger charge is -2.25. The van der Waals surface area contributed by atoms with Crippen molar-refractivity contribution in [2.75, 3.05) is 6.61 Å². The summed E-state index contributed by atoms with van der Waals surface area (Å²) >= 11 is 3.09. The molecule has 0 saturated heterocycles. The molecule has 0 aliphatic carbocycles. The number of fused-ring (bicyclic) bond motifs is 1. The molecule has 3 nitrogen and oxygen atoms in total. The van der Waals surface area contributed by atoms with Gasteiger partial charge in [0.05, 0.1) is 17.5 Å². The minimum atomic E-state index is -0.849. The third kappa shape index (κ3) is 2.19. The van der Waals surface area contributed by atoms with Crippen LogP contribution in [-0.2, 0) is 4.79 Å². The van der Waals surface area contributed by atoms with Crippen LogP contribution in [0, 0.1) is 5.82 Å². The number of ether oxygens (including phenoxy) is 1.